The molecule has 0 saturated heterocycles. The average Bonchev–Trinajstić information content (AvgIpc) is 2.27. The lowest BCUT2D eigenvalue weighted by Crippen LogP contribution is -2.09. The molecule has 0 heterocycles. The Morgan fingerprint density at radius 2 is 1.71 bits per heavy atom. The summed E-state index contributed by atoms with van der Waals surface area (Å²) in [5.74, 6) is -1.80. The van der Waals surface area contributed by atoms with Crippen LogP contribution in [-0.4, -0.2) is 17.0 Å². The van der Waals surface area contributed by atoms with Crippen LogP contribution in [0.15, 0.2) is 42.5 Å². The highest BCUT2D eigenvalue weighted by Crippen LogP contribution is 2.08. The smallest absolute Gasteiger partial charge is 0.336 e. The summed E-state index contributed by atoms with van der Waals surface area (Å²) in [5, 5.41) is 8.49. The summed E-state index contributed by atoms with van der Waals surface area (Å²) in [5.41, 5.74) is 0. The van der Waals surface area contributed by atoms with Crippen molar-refractivity contribution in [2.75, 3.05) is 0 Å². The molecule has 0 unspecified atom stereocenters. The summed E-state index contributed by atoms with van der Waals surface area (Å²) in [4.78, 5) is 35.1. The van der Waals surface area contributed by atoms with Gasteiger partial charge in [0.2, 0.25) is 0 Å². The largest absolute Gasteiger partial charge is 0.423 e. The molecular weight excluding hydrogens is 230 g/mol. The van der Waals surface area contributed by atoms with Crippen LogP contribution in [0.3, 0.4) is 0 Å². The summed E-state index contributed by atoms with van der Waals surface area (Å²) in [7, 11) is 0. The molecule has 0 bridgehead atoms. The minimum absolute atomic E-state index is 0.296. The predicted molar refractivity (Wildman–Crippen MR) is 54.3 cm³/mol. The SMILES string of the molecule is O=C(/C=C/C(=O)O[N+](=O)[O-])Oc1ccccc1. The normalized spacial score (nSPS) is 9.88. The summed E-state index contributed by atoms with van der Waals surface area (Å²) in [6.45, 7) is 0. The summed E-state index contributed by atoms with van der Waals surface area (Å²) < 4.78 is 4.77. The van der Waals surface area contributed by atoms with E-state index in [1.807, 2.05) is 0 Å². The van der Waals surface area contributed by atoms with Crippen LogP contribution in [0.2, 0.25) is 0 Å². The molecule has 7 heteroatoms. The van der Waals surface area contributed by atoms with Gasteiger partial charge in [0.25, 0.3) is 0 Å². The van der Waals surface area contributed by atoms with E-state index in [0.29, 0.717) is 11.8 Å². The maximum Gasteiger partial charge on any atom is 0.336 e. The molecule has 0 atom stereocenters. The van der Waals surface area contributed by atoms with E-state index >= 15 is 0 Å². The second kappa shape index (κ2) is 6.01. The van der Waals surface area contributed by atoms with Crippen LogP contribution in [-0.2, 0) is 14.4 Å². The number of ether oxygens (including phenoxy) is 1. The van der Waals surface area contributed by atoms with E-state index in [1.165, 1.54) is 0 Å². The molecule has 0 spiro atoms. The van der Waals surface area contributed by atoms with Crippen molar-refractivity contribution in [3.05, 3.63) is 52.6 Å². The monoisotopic (exact) mass is 237 g/mol. The number of carbonyl (C=O) groups excluding carboxylic acids is 2. The number of carbonyl (C=O) groups is 2. The lowest BCUT2D eigenvalue weighted by molar-refractivity contribution is -0.728. The quantitative estimate of drug-likeness (QED) is 0.253. The molecule has 7 nitrogen and oxygen atoms in total. The molecule has 0 radical (unpaired) electrons. The molecule has 0 saturated carbocycles. The Balaban J connectivity index is 2.47. The maximum absolute atomic E-state index is 11.1. The molecule has 0 fully saturated rings. The van der Waals surface area contributed by atoms with Gasteiger partial charge in [0.15, 0.2) is 0 Å². The number of nitrogens with zero attached hydrogens (tertiary/aromatic N) is 1. The van der Waals surface area contributed by atoms with Crippen LogP contribution < -0.4 is 4.74 Å². The van der Waals surface area contributed by atoms with Crippen molar-refractivity contribution >= 4 is 11.9 Å². The zero-order valence-corrected chi connectivity index (χ0v) is 8.44. The van der Waals surface area contributed by atoms with Gasteiger partial charge in [0, 0.05) is 12.2 Å². The van der Waals surface area contributed by atoms with E-state index in [0.717, 1.165) is 6.08 Å². The fourth-order valence-electron chi connectivity index (χ4n) is 0.879. The first kappa shape index (κ1) is 12.4. The first-order valence-corrected chi connectivity index (χ1v) is 4.39. The lowest BCUT2D eigenvalue weighted by Gasteiger charge is -1.99. The summed E-state index contributed by atoms with van der Waals surface area (Å²) >= 11 is 0. The number of rotatable bonds is 4. The Kier molecular flexibility index (Phi) is 4.37. The minimum Gasteiger partial charge on any atom is -0.423 e. The summed E-state index contributed by atoms with van der Waals surface area (Å²) in [6.07, 6.45) is 1.34. The Labute approximate surface area is 95.4 Å². The van der Waals surface area contributed by atoms with Gasteiger partial charge >= 0.3 is 17.0 Å². The molecule has 0 aromatic heterocycles. The average molecular weight is 237 g/mol. The molecule has 0 aliphatic carbocycles. The van der Waals surface area contributed by atoms with Crippen LogP contribution in [0.25, 0.3) is 0 Å². The highest BCUT2D eigenvalue weighted by molar-refractivity contribution is 5.92. The third-order valence-electron chi connectivity index (χ3n) is 1.48. The molecule has 0 aliphatic rings. The maximum atomic E-state index is 11.1. The highest BCUT2D eigenvalue weighted by Gasteiger charge is 2.04. The van der Waals surface area contributed by atoms with E-state index in [4.69, 9.17) is 4.74 Å². The molecule has 1 aromatic carbocycles. The fourth-order valence-corrected chi connectivity index (χ4v) is 0.879. The zero-order valence-electron chi connectivity index (χ0n) is 8.44. The first-order chi connectivity index (χ1) is 8.08. The zero-order chi connectivity index (χ0) is 12.7. The molecule has 0 N–H and O–H groups in total. The number of hydrogen-bond donors (Lipinski definition) is 0. The summed E-state index contributed by atoms with van der Waals surface area (Å²) in [6, 6.07) is 8.14. The third kappa shape index (κ3) is 5.07. The van der Waals surface area contributed by atoms with Gasteiger partial charge in [-0.15, -0.1) is 10.1 Å². The van der Waals surface area contributed by atoms with Gasteiger partial charge in [-0.25, -0.2) is 9.63 Å². The van der Waals surface area contributed by atoms with E-state index < -0.39 is 17.0 Å². The van der Waals surface area contributed by atoms with Crippen LogP contribution >= 0.6 is 0 Å². The van der Waals surface area contributed by atoms with Crippen molar-refractivity contribution < 1.29 is 24.3 Å². The standard InChI is InChI=1S/C10H7NO6/c12-9(6-7-10(13)17-11(14)15)16-8-4-2-1-3-5-8/h1-7H/b7-6+. The van der Waals surface area contributed by atoms with Crippen LogP contribution in [0.1, 0.15) is 0 Å². The Hall–Kier alpha value is -2.70. The number of hydrogen-bond acceptors (Lipinski definition) is 6. The van der Waals surface area contributed by atoms with Gasteiger partial charge in [-0.2, -0.15) is 0 Å². The molecular formula is C10H7NO6. The molecule has 17 heavy (non-hydrogen) atoms. The van der Waals surface area contributed by atoms with E-state index in [1.54, 1.807) is 30.3 Å². The highest BCUT2D eigenvalue weighted by atomic mass is 17.0. The van der Waals surface area contributed by atoms with Gasteiger partial charge in [0.1, 0.15) is 5.75 Å². The number of para-hydroxylation sites is 1. The topological polar surface area (TPSA) is 95.7 Å². The van der Waals surface area contributed by atoms with Gasteiger partial charge < -0.3 is 4.74 Å². The Bertz CT molecular complexity index is 453. The van der Waals surface area contributed by atoms with Crippen molar-refractivity contribution in [3.63, 3.8) is 0 Å². The van der Waals surface area contributed by atoms with Crippen LogP contribution in [0.5, 0.6) is 5.75 Å². The predicted octanol–water partition coefficient (Wildman–Crippen LogP) is 0.883. The van der Waals surface area contributed by atoms with Crippen molar-refractivity contribution in [2.24, 2.45) is 0 Å². The molecule has 1 aromatic rings. The van der Waals surface area contributed by atoms with Crippen molar-refractivity contribution in [1.82, 2.24) is 0 Å². The second-order valence-corrected chi connectivity index (χ2v) is 2.70. The van der Waals surface area contributed by atoms with Crippen molar-refractivity contribution in [3.8, 4) is 5.75 Å². The van der Waals surface area contributed by atoms with Gasteiger partial charge in [-0.1, -0.05) is 18.2 Å². The van der Waals surface area contributed by atoms with E-state index in [2.05, 4.69) is 4.84 Å². The van der Waals surface area contributed by atoms with E-state index in [9.17, 15) is 19.7 Å². The molecule has 88 valence electrons. The van der Waals surface area contributed by atoms with Crippen LogP contribution in [0, 0.1) is 10.1 Å². The first-order valence-electron chi connectivity index (χ1n) is 4.39. The molecule has 0 amide bonds. The Morgan fingerprint density at radius 1 is 1.12 bits per heavy atom. The fraction of sp³-hybridized carbons (Fsp3) is 0. The Morgan fingerprint density at radius 3 is 2.29 bits per heavy atom. The lowest BCUT2D eigenvalue weighted by atomic mass is 10.3. The van der Waals surface area contributed by atoms with Crippen molar-refractivity contribution in [1.29, 1.82) is 0 Å². The molecule has 0 aliphatic heterocycles. The second-order valence-electron chi connectivity index (χ2n) is 2.70. The van der Waals surface area contributed by atoms with Gasteiger partial charge in [-0.05, 0) is 12.1 Å². The van der Waals surface area contributed by atoms with Gasteiger partial charge in [0.05, 0.1) is 0 Å². The van der Waals surface area contributed by atoms with Crippen LogP contribution in [0.4, 0.5) is 0 Å². The van der Waals surface area contributed by atoms with Gasteiger partial charge in [-0.3, -0.25) is 4.79 Å². The minimum atomic E-state index is -1.27. The van der Waals surface area contributed by atoms with E-state index in [-0.39, 0.29) is 0 Å². The number of benzene rings is 1. The third-order valence-corrected chi connectivity index (χ3v) is 1.48. The molecule has 1 rings (SSSR count). The van der Waals surface area contributed by atoms with Crippen molar-refractivity contribution in [2.45, 2.75) is 0 Å². The number of esters is 1.